The summed E-state index contributed by atoms with van der Waals surface area (Å²) in [7, 11) is -3.74. The largest absolute Gasteiger partial charge is 0.373 e. The summed E-state index contributed by atoms with van der Waals surface area (Å²) >= 11 is 0. The number of nitrogens with zero attached hydrogens (tertiary/aromatic N) is 3. The van der Waals surface area contributed by atoms with Crippen LogP contribution in [0.1, 0.15) is 47.3 Å². The normalized spacial score (nSPS) is 19.7. The first-order valence-electron chi connectivity index (χ1n) is 12.1. The Morgan fingerprint density at radius 1 is 1.15 bits per heavy atom. The van der Waals surface area contributed by atoms with Crippen LogP contribution >= 0.6 is 0 Å². The average molecular weight is 487 g/mol. The first-order valence-corrected chi connectivity index (χ1v) is 13.6. The van der Waals surface area contributed by atoms with Crippen molar-refractivity contribution in [3.8, 4) is 0 Å². The highest BCUT2D eigenvalue weighted by atomic mass is 32.2. The molecule has 1 aromatic heterocycles. The van der Waals surface area contributed by atoms with Gasteiger partial charge in [0.25, 0.3) is 10.0 Å². The topological polar surface area (TPSA) is 78.5 Å². The first kappa shape index (κ1) is 24.7. The third-order valence-corrected chi connectivity index (χ3v) is 8.02. The monoisotopic (exact) mass is 486 g/mol. The highest BCUT2D eigenvalue weighted by Crippen LogP contribution is 2.28. The molecule has 34 heavy (non-hydrogen) atoms. The van der Waals surface area contributed by atoms with Crippen molar-refractivity contribution in [1.82, 2.24) is 15.1 Å². The molecule has 0 unspecified atom stereocenters. The first-order chi connectivity index (χ1) is 16.2. The molecule has 4 rings (SSSR count). The van der Waals surface area contributed by atoms with Crippen LogP contribution in [-0.4, -0.2) is 55.4 Å². The minimum absolute atomic E-state index is 0. The van der Waals surface area contributed by atoms with Crippen molar-refractivity contribution in [2.24, 2.45) is 5.92 Å². The number of aromatic nitrogens is 2. The maximum absolute atomic E-state index is 13.7. The Bertz CT molecular complexity index is 1220. The lowest BCUT2D eigenvalue weighted by Gasteiger charge is -2.35. The number of sulfonamides is 1. The van der Waals surface area contributed by atoms with E-state index >= 15 is 0 Å². The molecule has 0 saturated carbocycles. The van der Waals surface area contributed by atoms with E-state index in [0.717, 1.165) is 37.1 Å². The number of H-pyrrole nitrogens is 1. The molecule has 3 aromatic rings. The van der Waals surface area contributed by atoms with Gasteiger partial charge in [-0.3, -0.25) is 14.3 Å². The number of benzene rings is 2. The predicted octanol–water partition coefficient (Wildman–Crippen LogP) is 4.83. The molecule has 0 spiro atoms. The van der Waals surface area contributed by atoms with Gasteiger partial charge in [-0.05, 0) is 62.1 Å². The van der Waals surface area contributed by atoms with Crippen molar-refractivity contribution in [2.75, 3.05) is 23.9 Å². The van der Waals surface area contributed by atoms with E-state index in [1.54, 1.807) is 12.1 Å². The third-order valence-electron chi connectivity index (χ3n) is 6.23. The van der Waals surface area contributed by atoms with Gasteiger partial charge in [0.15, 0.2) is 0 Å². The minimum atomic E-state index is -3.74. The Morgan fingerprint density at radius 2 is 1.82 bits per heavy atom. The lowest BCUT2D eigenvalue weighted by molar-refractivity contribution is -0.0706. The molecule has 0 radical (unpaired) electrons. The smallest absolute Gasteiger partial charge is 0.264 e. The number of ether oxygens (including phenoxy) is 1. The summed E-state index contributed by atoms with van der Waals surface area (Å²) in [6, 6.07) is 13.0. The number of aromatic amines is 1. The summed E-state index contributed by atoms with van der Waals surface area (Å²) in [4.78, 5) is 2.60. The Labute approximate surface area is 204 Å². The molecule has 0 bridgehead atoms. The van der Waals surface area contributed by atoms with E-state index in [-0.39, 0.29) is 24.4 Å². The molecule has 1 aliphatic heterocycles. The third kappa shape index (κ3) is 5.29. The summed E-state index contributed by atoms with van der Waals surface area (Å²) in [5, 5.41) is 8.53. The van der Waals surface area contributed by atoms with Gasteiger partial charge in [0, 0.05) is 33.0 Å². The summed E-state index contributed by atoms with van der Waals surface area (Å²) in [5.74, 6) is 0.180. The minimum Gasteiger partial charge on any atom is -0.373 e. The highest BCUT2D eigenvalue weighted by molar-refractivity contribution is 7.92. The lowest BCUT2D eigenvalue weighted by Crippen LogP contribution is -2.44. The fourth-order valence-electron chi connectivity index (χ4n) is 4.66. The maximum atomic E-state index is 13.7. The average Bonchev–Trinajstić information content (AvgIpc) is 3.18. The summed E-state index contributed by atoms with van der Waals surface area (Å²) in [6.07, 6.45) is 1.29. The fourth-order valence-corrected chi connectivity index (χ4v) is 6.31. The zero-order valence-corrected chi connectivity index (χ0v) is 21.6. The second-order valence-electron chi connectivity index (χ2n) is 9.78. The van der Waals surface area contributed by atoms with Crippen LogP contribution in [-0.2, 0) is 27.7 Å². The van der Waals surface area contributed by atoms with Crippen molar-refractivity contribution in [3.05, 3.63) is 53.7 Å². The van der Waals surface area contributed by atoms with E-state index in [1.165, 1.54) is 9.87 Å². The summed E-state index contributed by atoms with van der Waals surface area (Å²) in [5.41, 5.74) is 3.52. The van der Waals surface area contributed by atoms with Crippen LogP contribution in [0.2, 0.25) is 0 Å². The van der Waals surface area contributed by atoms with E-state index in [1.807, 2.05) is 44.2 Å². The SMILES string of the molecule is CCc1ccc(N(CC(C)C)S(=O)(=O)c2ccc3c(CN4C[C@@H](C)O[C@@H](C)C4)[nH]nc3c2)cc1.[HH]. The number of morpholine rings is 1. The summed E-state index contributed by atoms with van der Waals surface area (Å²) < 4.78 is 34.8. The molecule has 8 heteroatoms. The van der Waals surface area contributed by atoms with Crippen LogP contribution in [0.4, 0.5) is 5.69 Å². The Kier molecular flexibility index (Phi) is 7.31. The van der Waals surface area contributed by atoms with Crippen LogP contribution in [0.3, 0.4) is 0 Å². The van der Waals surface area contributed by atoms with Gasteiger partial charge in [-0.25, -0.2) is 8.42 Å². The van der Waals surface area contributed by atoms with E-state index in [2.05, 4.69) is 35.9 Å². The molecule has 2 heterocycles. The van der Waals surface area contributed by atoms with Gasteiger partial charge < -0.3 is 4.74 Å². The van der Waals surface area contributed by atoms with Crippen molar-refractivity contribution in [3.63, 3.8) is 0 Å². The molecule has 7 nitrogen and oxygen atoms in total. The molecular formula is C26H38N4O3S. The molecule has 2 aromatic carbocycles. The van der Waals surface area contributed by atoms with Crippen molar-refractivity contribution < 1.29 is 14.6 Å². The Hall–Kier alpha value is -2.42. The van der Waals surface area contributed by atoms with Gasteiger partial charge in [0.05, 0.1) is 34.0 Å². The Morgan fingerprint density at radius 3 is 2.44 bits per heavy atom. The number of aryl methyl sites for hydroxylation is 1. The Balaban J connectivity index is 0.00000342. The standard InChI is InChI=1S/C26H36N4O3S.H2/c1-6-21-7-9-22(10-8-21)30(14-18(2)3)34(31,32)23-11-12-24-25(13-23)27-28-26(24)17-29-15-19(4)33-20(5)16-29;/h7-13,18-20H,6,14-17H2,1-5H3,(H,27,28);1H/t19-,20+;. The number of hydrogen-bond donors (Lipinski definition) is 1. The van der Waals surface area contributed by atoms with Crippen molar-refractivity contribution in [1.29, 1.82) is 0 Å². The van der Waals surface area contributed by atoms with Crippen LogP contribution in [0.25, 0.3) is 10.9 Å². The summed E-state index contributed by atoms with van der Waals surface area (Å²) in [6.45, 7) is 13.2. The number of nitrogens with one attached hydrogen (secondary N) is 1. The van der Waals surface area contributed by atoms with Gasteiger partial charge >= 0.3 is 0 Å². The molecule has 1 fully saturated rings. The number of hydrogen-bond acceptors (Lipinski definition) is 5. The van der Waals surface area contributed by atoms with E-state index in [0.29, 0.717) is 17.7 Å². The molecule has 0 aliphatic carbocycles. The van der Waals surface area contributed by atoms with Gasteiger partial charge in [-0.2, -0.15) is 5.10 Å². The lowest BCUT2D eigenvalue weighted by atomic mass is 10.1. The quantitative estimate of drug-likeness (QED) is 0.493. The van der Waals surface area contributed by atoms with Gasteiger partial charge in [-0.15, -0.1) is 0 Å². The van der Waals surface area contributed by atoms with Crippen LogP contribution in [0.15, 0.2) is 47.4 Å². The van der Waals surface area contributed by atoms with Gasteiger partial charge in [-0.1, -0.05) is 32.9 Å². The maximum Gasteiger partial charge on any atom is 0.264 e. The zero-order valence-electron chi connectivity index (χ0n) is 20.8. The van der Waals surface area contributed by atoms with Crippen LogP contribution < -0.4 is 4.31 Å². The van der Waals surface area contributed by atoms with Crippen LogP contribution in [0.5, 0.6) is 0 Å². The molecule has 1 saturated heterocycles. The molecule has 186 valence electrons. The molecule has 0 amide bonds. The van der Waals surface area contributed by atoms with Crippen LogP contribution in [0, 0.1) is 5.92 Å². The zero-order chi connectivity index (χ0) is 24.5. The van der Waals surface area contributed by atoms with E-state index in [9.17, 15) is 8.42 Å². The molecule has 1 N–H and O–H groups in total. The molecule has 2 atom stereocenters. The fraction of sp³-hybridized carbons (Fsp3) is 0.500. The highest BCUT2D eigenvalue weighted by Gasteiger charge is 2.27. The molecule has 1 aliphatic rings. The number of fused-ring (bicyclic) bond motifs is 1. The van der Waals surface area contributed by atoms with Crippen molar-refractivity contribution >= 4 is 26.6 Å². The van der Waals surface area contributed by atoms with E-state index in [4.69, 9.17) is 4.74 Å². The van der Waals surface area contributed by atoms with E-state index < -0.39 is 10.0 Å². The second-order valence-corrected chi connectivity index (χ2v) is 11.6. The van der Waals surface area contributed by atoms with Crippen molar-refractivity contribution in [2.45, 2.75) is 64.7 Å². The number of rotatable bonds is 8. The predicted molar refractivity (Wildman–Crippen MR) is 139 cm³/mol. The number of anilines is 1. The van der Waals surface area contributed by atoms with Gasteiger partial charge in [0.2, 0.25) is 0 Å². The van der Waals surface area contributed by atoms with Gasteiger partial charge in [0.1, 0.15) is 0 Å². The second kappa shape index (κ2) is 10.1. The molecular weight excluding hydrogens is 448 g/mol.